The number of ether oxygens (including phenoxy) is 1. The number of carbonyl (C=O) groups is 3. The zero-order valence-electron chi connectivity index (χ0n) is 12.8. The third-order valence-corrected chi connectivity index (χ3v) is 3.78. The third kappa shape index (κ3) is 3.84. The van der Waals surface area contributed by atoms with Crippen molar-refractivity contribution in [2.24, 2.45) is 10.8 Å². The SMILES string of the molecule is CNC(=O)C(C)(C)CNC(=O)NC1COCC1(C)C(=O)O. The number of aliphatic carboxylic acids is 1. The molecule has 0 aliphatic carbocycles. The van der Waals surface area contributed by atoms with Crippen molar-refractivity contribution >= 4 is 17.9 Å². The minimum Gasteiger partial charge on any atom is -0.481 e. The predicted molar refractivity (Wildman–Crippen MR) is 74.7 cm³/mol. The number of urea groups is 1. The van der Waals surface area contributed by atoms with Gasteiger partial charge in [0.15, 0.2) is 0 Å². The van der Waals surface area contributed by atoms with Crippen LogP contribution in [0.5, 0.6) is 0 Å². The number of amides is 3. The summed E-state index contributed by atoms with van der Waals surface area (Å²) < 4.78 is 5.15. The van der Waals surface area contributed by atoms with Gasteiger partial charge in [-0.25, -0.2) is 4.79 Å². The molecular weight excluding hydrogens is 278 g/mol. The van der Waals surface area contributed by atoms with Gasteiger partial charge >= 0.3 is 12.0 Å². The van der Waals surface area contributed by atoms with Gasteiger partial charge in [-0.15, -0.1) is 0 Å². The molecule has 2 atom stereocenters. The zero-order chi connectivity index (χ0) is 16.3. The highest BCUT2D eigenvalue weighted by atomic mass is 16.5. The van der Waals surface area contributed by atoms with E-state index in [-0.39, 0.29) is 25.7 Å². The van der Waals surface area contributed by atoms with Crippen molar-refractivity contribution in [1.29, 1.82) is 0 Å². The summed E-state index contributed by atoms with van der Waals surface area (Å²) in [6.45, 7) is 5.27. The lowest BCUT2D eigenvalue weighted by atomic mass is 9.85. The standard InChI is InChI=1S/C13H23N3O5/c1-12(2,9(17)14-4)6-15-11(20)16-8-5-21-7-13(8,3)10(18)19/h8H,5-7H2,1-4H3,(H,14,17)(H,18,19)(H2,15,16,20). The summed E-state index contributed by atoms with van der Waals surface area (Å²) in [6, 6.07) is -1.13. The Morgan fingerprint density at radius 3 is 2.52 bits per heavy atom. The van der Waals surface area contributed by atoms with Crippen molar-refractivity contribution in [1.82, 2.24) is 16.0 Å². The maximum Gasteiger partial charge on any atom is 0.315 e. The van der Waals surface area contributed by atoms with E-state index in [0.29, 0.717) is 0 Å². The first-order chi connectivity index (χ1) is 9.63. The molecule has 0 saturated carbocycles. The van der Waals surface area contributed by atoms with E-state index in [1.54, 1.807) is 13.8 Å². The lowest BCUT2D eigenvalue weighted by Gasteiger charge is -2.27. The molecule has 0 spiro atoms. The number of nitrogens with one attached hydrogen (secondary N) is 3. The number of rotatable bonds is 5. The van der Waals surface area contributed by atoms with E-state index >= 15 is 0 Å². The summed E-state index contributed by atoms with van der Waals surface area (Å²) in [5, 5.41) is 16.9. The van der Waals surface area contributed by atoms with Crippen LogP contribution in [-0.4, -0.2) is 55.9 Å². The van der Waals surface area contributed by atoms with Crippen LogP contribution in [0, 0.1) is 10.8 Å². The summed E-state index contributed by atoms with van der Waals surface area (Å²) in [5.74, 6) is -1.21. The first kappa shape index (κ1) is 17.2. The quantitative estimate of drug-likeness (QED) is 0.548. The average molecular weight is 301 g/mol. The molecule has 0 radical (unpaired) electrons. The van der Waals surface area contributed by atoms with Gasteiger partial charge < -0.3 is 25.8 Å². The van der Waals surface area contributed by atoms with Gasteiger partial charge in [0.1, 0.15) is 5.41 Å². The van der Waals surface area contributed by atoms with Crippen molar-refractivity contribution in [2.45, 2.75) is 26.8 Å². The molecule has 0 aromatic rings. The molecule has 3 amide bonds. The van der Waals surface area contributed by atoms with Crippen molar-refractivity contribution in [2.75, 3.05) is 26.8 Å². The number of carboxylic acids is 1. The highest BCUT2D eigenvalue weighted by Gasteiger charge is 2.47. The fourth-order valence-corrected chi connectivity index (χ4v) is 2.01. The fourth-order valence-electron chi connectivity index (χ4n) is 2.01. The maximum atomic E-state index is 11.9. The molecule has 21 heavy (non-hydrogen) atoms. The van der Waals surface area contributed by atoms with E-state index in [9.17, 15) is 19.5 Å². The van der Waals surface area contributed by atoms with E-state index in [1.165, 1.54) is 14.0 Å². The van der Waals surface area contributed by atoms with Gasteiger partial charge in [0.25, 0.3) is 0 Å². The van der Waals surface area contributed by atoms with Gasteiger partial charge in [-0.2, -0.15) is 0 Å². The highest BCUT2D eigenvalue weighted by Crippen LogP contribution is 2.28. The number of carbonyl (C=O) groups excluding carboxylic acids is 2. The van der Waals surface area contributed by atoms with Gasteiger partial charge in [0, 0.05) is 13.6 Å². The van der Waals surface area contributed by atoms with Gasteiger partial charge in [0.05, 0.1) is 24.7 Å². The van der Waals surface area contributed by atoms with E-state index in [4.69, 9.17) is 4.74 Å². The second-order valence-electron chi connectivity index (χ2n) is 6.08. The number of carboxylic acid groups (broad SMARTS) is 1. The van der Waals surface area contributed by atoms with Crippen LogP contribution in [0.3, 0.4) is 0 Å². The Balaban J connectivity index is 2.55. The molecule has 8 heteroatoms. The van der Waals surface area contributed by atoms with Crippen molar-refractivity contribution < 1.29 is 24.2 Å². The Bertz CT molecular complexity index is 438. The molecule has 1 aliphatic rings. The molecule has 1 rings (SSSR count). The topological polar surface area (TPSA) is 117 Å². The molecule has 120 valence electrons. The molecule has 1 aliphatic heterocycles. The lowest BCUT2D eigenvalue weighted by Crippen LogP contribution is -2.54. The van der Waals surface area contributed by atoms with E-state index in [0.717, 1.165) is 0 Å². The van der Waals surface area contributed by atoms with Crippen LogP contribution < -0.4 is 16.0 Å². The summed E-state index contributed by atoms with van der Waals surface area (Å²) in [6.07, 6.45) is 0. The number of hydrogen-bond acceptors (Lipinski definition) is 4. The predicted octanol–water partition coefficient (Wildman–Crippen LogP) is -0.452. The monoisotopic (exact) mass is 301 g/mol. The van der Waals surface area contributed by atoms with Gasteiger partial charge in [-0.3, -0.25) is 9.59 Å². The van der Waals surface area contributed by atoms with E-state index in [1.807, 2.05) is 0 Å². The Morgan fingerprint density at radius 2 is 2.00 bits per heavy atom. The summed E-state index contributed by atoms with van der Waals surface area (Å²) in [5.41, 5.74) is -1.90. The molecule has 0 aromatic carbocycles. The second kappa shape index (κ2) is 6.30. The van der Waals surface area contributed by atoms with Gasteiger partial charge in [-0.05, 0) is 20.8 Å². The fraction of sp³-hybridized carbons (Fsp3) is 0.769. The van der Waals surface area contributed by atoms with Crippen molar-refractivity contribution in [3.8, 4) is 0 Å². The van der Waals surface area contributed by atoms with Crippen LogP contribution in [0.25, 0.3) is 0 Å². The smallest absolute Gasteiger partial charge is 0.315 e. The number of hydrogen-bond donors (Lipinski definition) is 4. The molecule has 1 heterocycles. The van der Waals surface area contributed by atoms with Crippen molar-refractivity contribution in [3.63, 3.8) is 0 Å². The Labute approximate surface area is 123 Å². The van der Waals surface area contributed by atoms with Crippen molar-refractivity contribution in [3.05, 3.63) is 0 Å². The molecule has 1 saturated heterocycles. The second-order valence-corrected chi connectivity index (χ2v) is 6.08. The Morgan fingerprint density at radius 1 is 1.38 bits per heavy atom. The summed E-state index contributed by atoms with van der Waals surface area (Å²) in [4.78, 5) is 34.7. The molecule has 1 fully saturated rings. The Kier molecular flexibility index (Phi) is 5.16. The molecule has 8 nitrogen and oxygen atoms in total. The molecule has 2 unspecified atom stereocenters. The van der Waals surface area contributed by atoms with Gasteiger partial charge in [0.2, 0.25) is 5.91 Å². The van der Waals surface area contributed by atoms with Crippen LogP contribution in [-0.2, 0) is 14.3 Å². The summed E-state index contributed by atoms with van der Waals surface area (Å²) >= 11 is 0. The van der Waals surface area contributed by atoms with Gasteiger partial charge in [-0.1, -0.05) is 0 Å². The first-order valence-corrected chi connectivity index (χ1v) is 6.71. The summed E-state index contributed by atoms with van der Waals surface area (Å²) in [7, 11) is 1.53. The van der Waals surface area contributed by atoms with Crippen LogP contribution >= 0.6 is 0 Å². The first-order valence-electron chi connectivity index (χ1n) is 6.71. The maximum absolute atomic E-state index is 11.9. The van der Waals surface area contributed by atoms with E-state index in [2.05, 4.69) is 16.0 Å². The lowest BCUT2D eigenvalue weighted by molar-refractivity contribution is -0.148. The molecule has 0 aromatic heterocycles. The molecule has 0 bridgehead atoms. The minimum atomic E-state index is -1.15. The highest BCUT2D eigenvalue weighted by molar-refractivity contribution is 5.83. The third-order valence-electron chi connectivity index (χ3n) is 3.78. The Hall–Kier alpha value is -1.83. The van der Waals surface area contributed by atoms with Crippen LogP contribution in [0.15, 0.2) is 0 Å². The van der Waals surface area contributed by atoms with Crippen LogP contribution in [0.1, 0.15) is 20.8 Å². The largest absolute Gasteiger partial charge is 0.481 e. The normalized spacial score (nSPS) is 25.2. The minimum absolute atomic E-state index is 0.0526. The van der Waals surface area contributed by atoms with E-state index < -0.39 is 28.9 Å². The zero-order valence-corrected chi connectivity index (χ0v) is 12.8. The molecule has 4 N–H and O–H groups in total. The molecular formula is C13H23N3O5. The average Bonchev–Trinajstić information content (AvgIpc) is 2.78. The van der Waals surface area contributed by atoms with Crippen LogP contribution in [0.2, 0.25) is 0 Å². The van der Waals surface area contributed by atoms with Crippen LogP contribution in [0.4, 0.5) is 4.79 Å².